The second-order valence-electron chi connectivity index (χ2n) is 6.42. The molecule has 1 aliphatic heterocycles. The van der Waals surface area contributed by atoms with Gasteiger partial charge >= 0.3 is 0 Å². The summed E-state index contributed by atoms with van der Waals surface area (Å²) in [5.41, 5.74) is 1.25. The highest BCUT2D eigenvalue weighted by atomic mass is 19.1. The van der Waals surface area contributed by atoms with Crippen LogP contribution >= 0.6 is 0 Å². The molecule has 3 rings (SSSR count). The Morgan fingerprint density at radius 3 is 2.42 bits per heavy atom. The Kier molecular flexibility index (Phi) is 6.55. The Hall–Kier alpha value is -2.47. The van der Waals surface area contributed by atoms with E-state index in [1.807, 2.05) is 29.4 Å². The van der Waals surface area contributed by atoms with Gasteiger partial charge in [0.25, 0.3) is 0 Å². The van der Waals surface area contributed by atoms with Gasteiger partial charge in [-0.15, -0.1) is 0 Å². The van der Waals surface area contributed by atoms with Crippen LogP contribution in [0.2, 0.25) is 0 Å². The van der Waals surface area contributed by atoms with Crippen LogP contribution in [0.15, 0.2) is 48.8 Å². The molecule has 6 heteroatoms. The van der Waals surface area contributed by atoms with Crippen molar-refractivity contribution >= 4 is 5.91 Å². The fourth-order valence-electron chi connectivity index (χ4n) is 3.00. The summed E-state index contributed by atoms with van der Waals surface area (Å²) in [6.45, 7) is 4.67. The van der Waals surface area contributed by atoms with E-state index in [-0.39, 0.29) is 11.7 Å². The predicted octanol–water partition coefficient (Wildman–Crippen LogP) is 2.72. The van der Waals surface area contributed by atoms with Gasteiger partial charge in [0.2, 0.25) is 5.91 Å². The lowest BCUT2D eigenvalue weighted by Crippen LogP contribution is -2.48. The number of halogens is 1. The first-order chi connectivity index (χ1) is 12.7. The van der Waals surface area contributed by atoms with Crippen LogP contribution in [0.25, 0.3) is 0 Å². The van der Waals surface area contributed by atoms with E-state index in [1.165, 1.54) is 17.7 Å². The summed E-state index contributed by atoms with van der Waals surface area (Å²) in [7, 11) is 0. The van der Waals surface area contributed by atoms with E-state index in [0.29, 0.717) is 25.2 Å². The number of benzene rings is 1. The first kappa shape index (κ1) is 18.3. The SMILES string of the molecule is O=C(CCCOc1ccc(F)cc1)N1CCN(Cc2ccncc2)CC1. The van der Waals surface area contributed by atoms with Gasteiger partial charge in [-0.2, -0.15) is 0 Å². The van der Waals surface area contributed by atoms with Gasteiger partial charge in [-0.1, -0.05) is 0 Å². The third kappa shape index (κ3) is 5.52. The van der Waals surface area contributed by atoms with Crippen LogP contribution in [0.1, 0.15) is 18.4 Å². The lowest BCUT2D eigenvalue weighted by molar-refractivity contribution is -0.133. The number of hydrogen-bond acceptors (Lipinski definition) is 4. The molecule has 0 saturated carbocycles. The van der Waals surface area contributed by atoms with Crippen molar-refractivity contribution in [1.82, 2.24) is 14.8 Å². The van der Waals surface area contributed by atoms with E-state index in [4.69, 9.17) is 4.74 Å². The quantitative estimate of drug-likeness (QED) is 0.715. The van der Waals surface area contributed by atoms with E-state index in [0.717, 1.165) is 32.7 Å². The van der Waals surface area contributed by atoms with E-state index in [1.54, 1.807) is 12.1 Å². The summed E-state index contributed by atoms with van der Waals surface area (Å²) >= 11 is 0. The zero-order valence-electron chi connectivity index (χ0n) is 14.8. The molecule has 1 aromatic carbocycles. The standard InChI is InChI=1S/C20H24FN3O2/c21-18-3-5-19(6-4-18)26-15-1-2-20(25)24-13-11-23(12-14-24)16-17-7-9-22-10-8-17/h3-10H,1-2,11-16H2. The van der Waals surface area contributed by atoms with Crippen molar-refractivity contribution in [3.05, 3.63) is 60.2 Å². The van der Waals surface area contributed by atoms with Crippen LogP contribution in [0.3, 0.4) is 0 Å². The summed E-state index contributed by atoms with van der Waals surface area (Å²) in [5.74, 6) is 0.524. The molecule has 0 unspecified atom stereocenters. The van der Waals surface area contributed by atoms with Crippen molar-refractivity contribution in [2.45, 2.75) is 19.4 Å². The lowest BCUT2D eigenvalue weighted by atomic mass is 10.2. The number of piperazine rings is 1. The molecule has 1 aliphatic rings. The van der Waals surface area contributed by atoms with Gasteiger partial charge in [-0.3, -0.25) is 14.7 Å². The van der Waals surface area contributed by atoms with Crippen molar-refractivity contribution in [1.29, 1.82) is 0 Å². The number of ether oxygens (including phenoxy) is 1. The highest BCUT2D eigenvalue weighted by molar-refractivity contribution is 5.76. The van der Waals surface area contributed by atoms with Crippen LogP contribution in [0.5, 0.6) is 5.75 Å². The van der Waals surface area contributed by atoms with Gasteiger partial charge in [0.1, 0.15) is 11.6 Å². The molecule has 1 saturated heterocycles. The van der Waals surface area contributed by atoms with Gasteiger partial charge in [0.15, 0.2) is 0 Å². The van der Waals surface area contributed by atoms with Gasteiger partial charge in [-0.25, -0.2) is 4.39 Å². The van der Waals surface area contributed by atoms with Crippen LogP contribution in [-0.4, -0.2) is 53.5 Å². The second-order valence-corrected chi connectivity index (χ2v) is 6.42. The maximum atomic E-state index is 12.8. The normalized spacial score (nSPS) is 15.0. The molecule has 2 heterocycles. The third-order valence-electron chi connectivity index (χ3n) is 4.50. The maximum absolute atomic E-state index is 12.8. The minimum absolute atomic E-state index is 0.177. The van der Waals surface area contributed by atoms with Gasteiger partial charge in [0, 0.05) is 51.5 Å². The number of aromatic nitrogens is 1. The lowest BCUT2D eigenvalue weighted by Gasteiger charge is -2.34. The topological polar surface area (TPSA) is 45.7 Å². The Balaban J connectivity index is 1.32. The Bertz CT molecular complexity index is 686. The molecule has 1 aromatic heterocycles. The van der Waals surface area contributed by atoms with Crippen LogP contribution in [0.4, 0.5) is 4.39 Å². The monoisotopic (exact) mass is 357 g/mol. The van der Waals surface area contributed by atoms with E-state index < -0.39 is 0 Å². The summed E-state index contributed by atoms with van der Waals surface area (Å²) in [6.07, 6.45) is 4.76. The first-order valence-corrected chi connectivity index (χ1v) is 8.98. The zero-order chi connectivity index (χ0) is 18.2. The van der Waals surface area contributed by atoms with Crippen molar-refractivity contribution in [2.75, 3.05) is 32.8 Å². The molecular formula is C20H24FN3O2. The van der Waals surface area contributed by atoms with Gasteiger partial charge in [0.05, 0.1) is 6.61 Å². The molecule has 2 aromatic rings. The number of carbonyl (C=O) groups is 1. The molecule has 0 aliphatic carbocycles. The number of pyridine rings is 1. The van der Waals surface area contributed by atoms with Crippen LogP contribution < -0.4 is 4.74 Å². The molecule has 0 N–H and O–H groups in total. The largest absolute Gasteiger partial charge is 0.494 e. The molecule has 1 amide bonds. The molecule has 0 bridgehead atoms. The van der Waals surface area contributed by atoms with Crippen LogP contribution in [-0.2, 0) is 11.3 Å². The predicted molar refractivity (Wildman–Crippen MR) is 97.2 cm³/mol. The van der Waals surface area contributed by atoms with E-state index in [2.05, 4.69) is 9.88 Å². The third-order valence-corrected chi connectivity index (χ3v) is 4.50. The second kappa shape index (κ2) is 9.29. The van der Waals surface area contributed by atoms with E-state index >= 15 is 0 Å². The fourth-order valence-corrected chi connectivity index (χ4v) is 3.00. The Morgan fingerprint density at radius 1 is 1.04 bits per heavy atom. The molecule has 0 spiro atoms. The summed E-state index contributed by atoms with van der Waals surface area (Å²) < 4.78 is 18.4. The highest BCUT2D eigenvalue weighted by Crippen LogP contribution is 2.12. The molecule has 0 radical (unpaired) electrons. The number of rotatable bonds is 7. The summed E-state index contributed by atoms with van der Waals surface area (Å²) in [5, 5.41) is 0. The average Bonchev–Trinajstić information content (AvgIpc) is 2.68. The minimum atomic E-state index is -0.282. The van der Waals surface area contributed by atoms with Gasteiger partial charge in [-0.05, 0) is 48.4 Å². The summed E-state index contributed by atoms with van der Waals surface area (Å²) in [4.78, 5) is 20.6. The van der Waals surface area contributed by atoms with Crippen LogP contribution in [0, 0.1) is 5.82 Å². The van der Waals surface area contributed by atoms with Gasteiger partial charge < -0.3 is 9.64 Å². The first-order valence-electron chi connectivity index (χ1n) is 8.98. The Labute approximate surface area is 153 Å². The molecule has 0 atom stereocenters. The summed E-state index contributed by atoms with van der Waals surface area (Å²) in [6, 6.07) is 9.98. The van der Waals surface area contributed by atoms with Crippen molar-refractivity contribution in [3.8, 4) is 5.75 Å². The average molecular weight is 357 g/mol. The fraction of sp³-hybridized carbons (Fsp3) is 0.400. The molecular weight excluding hydrogens is 333 g/mol. The molecule has 26 heavy (non-hydrogen) atoms. The number of nitrogens with zero attached hydrogens (tertiary/aromatic N) is 3. The number of hydrogen-bond donors (Lipinski definition) is 0. The zero-order valence-corrected chi connectivity index (χ0v) is 14.8. The maximum Gasteiger partial charge on any atom is 0.222 e. The molecule has 5 nitrogen and oxygen atoms in total. The molecule has 138 valence electrons. The van der Waals surface area contributed by atoms with Crippen molar-refractivity contribution in [3.63, 3.8) is 0 Å². The highest BCUT2D eigenvalue weighted by Gasteiger charge is 2.20. The Morgan fingerprint density at radius 2 is 1.73 bits per heavy atom. The molecule has 1 fully saturated rings. The number of carbonyl (C=O) groups excluding carboxylic acids is 1. The smallest absolute Gasteiger partial charge is 0.222 e. The number of amides is 1. The minimum Gasteiger partial charge on any atom is -0.494 e. The van der Waals surface area contributed by atoms with Crippen molar-refractivity contribution < 1.29 is 13.9 Å². The van der Waals surface area contributed by atoms with E-state index in [9.17, 15) is 9.18 Å². The van der Waals surface area contributed by atoms with Crippen molar-refractivity contribution in [2.24, 2.45) is 0 Å².